The van der Waals surface area contributed by atoms with Crippen molar-refractivity contribution in [3.8, 4) is 5.75 Å². The Morgan fingerprint density at radius 3 is 2.53 bits per heavy atom. The molecule has 108 valence electrons. The first kappa shape index (κ1) is 16.0. The van der Waals surface area contributed by atoms with Crippen molar-refractivity contribution in [2.75, 3.05) is 13.2 Å². The van der Waals surface area contributed by atoms with E-state index in [0.29, 0.717) is 12.0 Å². The first-order valence-corrected chi connectivity index (χ1v) is 7.51. The lowest BCUT2D eigenvalue weighted by molar-refractivity contribution is 0.305. The number of aryl methyl sites for hydroxylation is 1. The lowest BCUT2D eigenvalue weighted by Gasteiger charge is -2.13. The largest absolute Gasteiger partial charge is 0.494 e. The van der Waals surface area contributed by atoms with Gasteiger partial charge in [-0.1, -0.05) is 26.8 Å². The third-order valence-corrected chi connectivity index (χ3v) is 3.56. The van der Waals surface area contributed by atoms with E-state index >= 15 is 0 Å². The molecule has 0 unspecified atom stereocenters. The quantitative estimate of drug-likeness (QED) is 0.707. The standard InChI is InChI=1S/C17H29NO/c1-6-15(5)18-10-7-11-19-16-8-9-17(13(2)3)14(4)12-16/h8-9,12-13,15,18H,6-7,10-11H2,1-5H3/t15-/m0/s1. The van der Waals surface area contributed by atoms with Crippen molar-refractivity contribution >= 4 is 0 Å². The summed E-state index contributed by atoms with van der Waals surface area (Å²) in [5.41, 5.74) is 2.73. The number of rotatable bonds is 8. The Kier molecular flexibility index (Phi) is 6.93. The number of ether oxygens (including phenoxy) is 1. The summed E-state index contributed by atoms with van der Waals surface area (Å²) in [6.45, 7) is 12.8. The van der Waals surface area contributed by atoms with E-state index in [1.54, 1.807) is 0 Å². The molecule has 1 aromatic rings. The van der Waals surface area contributed by atoms with Gasteiger partial charge in [0.15, 0.2) is 0 Å². The molecule has 2 nitrogen and oxygen atoms in total. The van der Waals surface area contributed by atoms with E-state index in [2.05, 4.69) is 58.1 Å². The molecule has 0 amide bonds. The monoisotopic (exact) mass is 263 g/mol. The fraction of sp³-hybridized carbons (Fsp3) is 0.647. The highest BCUT2D eigenvalue weighted by molar-refractivity contribution is 5.36. The van der Waals surface area contributed by atoms with Gasteiger partial charge in [0.1, 0.15) is 5.75 Å². The summed E-state index contributed by atoms with van der Waals surface area (Å²) in [6, 6.07) is 7.03. The average molecular weight is 263 g/mol. The van der Waals surface area contributed by atoms with E-state index in [1.807, 2.05) is 0 Å². The Morgan fingerprint density at radius 2 is 1.95 bits per heavy atom. The van der Waals surface area contributed by atoms with Gasteiger partial charge in [0.2, 0.25) is 0 Å². The molecule has 0 aliphatic carbocycles. The average Bonchev–Trinajstić information content (AvgIpc) is 2.37. The van der Waals surface area contributed by atoms with Crippen LogP contribution in [0.1, 0.15) is 57.6 Å². The number of nitrogens with one attached hydrogen (secondary N) is 1. The summed E-state index contributed by atoms with van der Waals surface area (Å²) in [7, 11) is 0. The number of hydrogen-bond donors (Lipinski definition) is 1. The van der Waals surface area contributed by atoms with Crippen molar-refractivity contribution in [2.45, 2.75) is 59.4 Å². The molecule has 0 saturated carbocycles. The highest BCUT2D eigenvalue weighted by Gasteiger charge is 2.04. The number of hydrogen-bond acceptors (Lipinski definition) is 2. The summed E-state index contributed by atoms with van der Waals surface area (Å²) >= 11 is 0. The van der Waals surface area contributed by atoms with Crippen LogP contribution in [-0.2, 0) is 0 Å². The van der Waals surface area contributed by atoms with Crippen LogP contribution >= 0.6 is 0 Å². The van der Waals surface area contributed by atoms with Crippen molar-refractivity contribution in [3.63, 3.8) is 0 Å². The van der Waals surface area contributed by atoms with Crippen LogP contribution in [0.3, 0.4) is 0 Å². The van der Waals surface area contributed by atoms with Gasteiger partial charge in [-0.25, -0.2) is 0 Å². The maximum absolute atomic E-state index is 5.80. The van der Waals surface area contributed by atoms with Crippen LogP contribution in [0.4, 0.5) is 0 Å². The van der Waals surface area contributed by atoms with Crippen LogP contribution in [-0.4, -0.2) is 19.2 Å². The molecule has 19 heavy (non-hydrogen) atoms. The SMILES string of the molecule is CC[C@H](C)NCCCOc1ccc(C(C)C)c(C)c1. The summed E-state index contributed by atoms with van der Waals surface area (Å²) in [4.78, 5) is 0. The van der Waals surface area contributed by atoms with Gasteiger partial charge < -0.3 is 10.1 Å². The first-order chi connectivity index (χ1) is 9.04. The second-order valence-corrected chi connectivity index (χ2v) is 5.64. The van der Waals surface area contributed by atoms with Crippen LogP contribution < -0.4 is 10.1 Å². The second-order valence-electron chi connectivity index (χ2n) is 5.64. The minimum Gasteiger partial charge on any atom is -0.494 e. The van der Waals surface area contributed by atoms with Gasteiger partial charge in [0.05, 0.1) is 6.61 Å². The highest BCUT2D eigenvalue weighted by atomic mass is 16.5. The minimum atomic E-state index is 0.578. The third-order valence-electron chi connectivity index (χ3n) is 3.56. The molecule has 0 aromatic heterocycles. The van der Waals surface area contributed by atoms with Crippen molar-refractivity contribution in [2.24, 2.45) is 0 Å². The van der Waals surface area contributed by atoms with Gasteiger partial charge in [-0.15, -0.1) is 0 Å². The molecule has 1 atom stereocenters. The van der Waals surface area contributed by atoms with E-state index in [1.165, 1.54) is 17.5 Å². The molecule has 0 spiro atoms. The molecule has 1 N–H and O–H groups in total. The van der Waals surface area contributed by atoms with E-state index in [9.17, 15) is 0 Å². The molecule has 1 rings (SSSR count). The molecule has 2 heteroatoms. The second kappa shape index (κ2) is 8.21. The van der Waals surface area contributed by atoms with Crippen LogP contribution in [0.2, 0.25) is 0 Å². The molecule has 0 bridgehead atoms. The van der Waals surface area contributed by atoms with Crippen molar-refractivity contribution < 1.29 is 4.74 Å². The van der Waals surface area contributed by atoms with E-state index in [-0.39, 0.29) is 0 Å². The van der Waals surface area contributed by atoms with E-state index < -0.39 is 0 Å². The van der Waals surface area contributed by atoms with Gasteiger partial charge in [-0.3, -0.25) is 0 Å². The molecule has 0 aliphatic heterocycles. The Balaban J connectivity index is 2.32. The third kappa shape index (κ3) is 5.65. The minimum absolute atomic E-state index is 0.578. The normalized spacial score (nSPS) is 12.7. The maximum Gasteiger partial charge on any atom is 0.119 e. The summed E-state index contributed by atoms with van der Waals surface area (Å²) < 4.78 is 5.80. The van der Waals surface area contributed by atoms with E-state index in [0.717, 1.165) is 25.3 Å². The fourth-order valence-electron chi connectivity index (χ4n) is 2.14. The van der Waals surface area contributed by atoms with Crippen LogP contribution in [0.15, 0.2) is 18.2 Å². The van der Waals surface area contributed by atoms with Crippen molar-refractivity contribution in [1.82, 2.24) is 5.32 Å². The Hall–Kier alpha value is -1.02. The lowest BCUT2D eigenvalue weighted by atomic mass is 9.98. The van der Waals surface area contributed by atoms with E-state index in [4.69, 9.17) is 4.74 Å². The van der Waals surface area contributed by atoms with Crippen LogP contribution in [0.5, 0.6) is 5.75 Å². The Bertz CT molecular complexity index is 374. The van der Waals surface area contributed by atoms with Crippen molar-refractivity contribution in [1.29, 1.82) is 0 Å². The highest BCUT2D eigenvalue weighted by Crippen LogP contribution is 2.23. The summed E-state index contributed by atoms with van der Waals surface area (Å²) in [6.07, 6.45) is 2.23. The van der Waals surface area contributed by atoms with Crippen LogP contribution in [0, 0.1) is 6.92 Å². The lowest BCUT2D eigenvalue weighted by Crippen LogP contribution is -2.27. The topological polar surface area (TPSA) is 21.3 Å². The van der Waals surface area contributed by atoms with Gasteiger partial charge in [0, 0.05) is 6.04 Å². The van der Waals surface area contributed by atoms with Gasteiger partial charge in [-0.05, 0) is 62.4 Å². The molecular weight excluding hydrogens is 234 g/mol. The van der Waals surface area contributed by atoms with Gasteiger partial charge >= 0.3 is 0 Å². The zero-order valence-corrected chi connectivity index (χ0v) is 13.1. The molecule has 0 saturated heterocycles. The molecule has 0 radical (unpaired) electrons. The molecule has 1 aromatic carbocycles. The van der Waals surface area contributed by atoms with Crippen molar-refractivity contribution in [3.05, 3.63) is 29.3 Å². The molecule has 0 aliphatic rings. The molecular formula is C17H29NO. The first-order valence-electron chi connectivity index (χ1n) is 7.51. The smallest absolute Gasteiger partial charge is 0.119 e. The zero-order valence-electron chi connectivity index (χ0n) is 13.1. The number of benzene rings is 1. The van der Waals surface area contributed by atoms with Gasteiger partial charge in [-0.2, -0.15) is 0 Å². The zero-order chi connectivity index (χ0) is 14.3. The fourth-order valence-corrected chi connectivity index (χ4v) is 2.14. The van der Waals surface area contributed by atoms with Gasteiger partial charge in [0.25, 0.3) is 0 Å². The van der Waals surface area contributed by atoms with Crippen LogP contribution in [0.25, 0.3) is 0 Å². The molecule has 0 heterocycles. The predicted molar refractivity (Wildman–Crippen MR) is 83.1 cm³/mol. The summed E-state index contributed by atoms with van der Waals surface area (Å²) in [5.74, 6) is 1.57. The Labute approximate surface area is 118 Å². The summed E-state index contributed by atoms with van der Waals surface area (Å²) in [5, 5.41) is 3.47. The molecule has 0 fully saturated rings. The predicted octanol–water partition coefficient (Wildman–Crippen LogP) is 4.28. The Morgan fingerprint density at radius 1 is 1.21 bits per heavy atom. The maximum atomic E-state index is 5.80.